The van der Waals surface area contributed by atoms with Gasteiger partial charge in [-0.15, -0.1) is 0 Å². The zero-order valence-corrected chi connectivity index (χ0v) is 8.34. The number of benzene rings is 1. The summed E-state index contributed by atoms with van der Waals surface area (Å²) in [6, 6.07) is 2.87. The molecule has 0 atom stereocenters. The fraction of sp³-hybridized carbons (Fsp3) is 0.364. The van der Waals surface area contributed by atoms with Crippen LogP contribution in [0.25, 0.3) is 0 Å². The molecule has 16 heavy (non-hydrogen) atoms. The normalized spacial score (nSPS) is 16.2. The number of alkyl halides is 3. The zero-order valence-electron chi connectivity index (χ0n) is 8.34. The van der Waals surface area contributed by atoms with E-state index in [-0.39, 0.29) is 23.0 Å². The largest absolute Gasteiger partial charge is 0.416 e. The smallest absolute Gasteiger partial charge is 0.398 e. The van der Waals surface area contributed by atoms with E-state index in [1.165, 1.54) is 0 Å². The first kappa shape index (κ1) is 11.0. The molecular weight excluding hydrogens is 219 g/mol. The maximum atomic E-state index is 12.4. The van der Waals surface area contributed by atoms with Crippen molar-refractivity contribution in [2.24, 2.45) is 5.92 Å². The average Bonchev–Trinajstić information content (AvgIpc) is 2.98. The molecule has 86 valence electrons. The summed E-state index contributed by atoms with van der Waals surface area (Å²) in [5.41, 5.74) is 4.80. The minimum absolute atomic E-state index is 0.00248. The van der Waals surface area contributed by atoms with Crippen LogP contribution >= 0.6 is 0 Å². The van der Waals surface area contributed by atoms with Crippen LogP contribution in [0.1, 0.15) is 28.8 Å². The summed E-state index contributed by atoms with van der Waals surface area (Å²) in [5.74, 6) is -0.408. The Balaban J connectivity index is 2.40. The molecule has 1 saturated carbocycles. The lowest BCUT2D eigenvalue weighted by molar-refractivity contribution is -0.137. The van der Waals surface area contributed by atoms with Gasteiger partial charge in [-0.25, -0.2) is 0 Å². The van der Waals surface area contributed by atoms with Gasteiger partial charge in [0.2, 0.25) is 0 Å². The van der Waals surface area contributed by atoms with E-state index >= 15 is 0 Å². The minimum atomic E-state index is -4.44. The van der Waals surface area contributed by atoms with Crippen LogP contribution in [0.4, 0.5) is 18.9 Å². The van der Waals surface area contributed by atoms with Crippen molar-refractivity contribution in [3.8, 4) is 0 Å². The number of rotatable bonds is 2. The molecule has 1 fully saturated rings. The summed E-state index contributed by atoms with van der Waals surface area (Å²) in [7, 11) is 0. The molecule has 2 rings (SSSR count). The van der Waals surface area contributed by atoms with Crippen LogP contribution in [0, 0.1) is 5.92 Å². The maximum absolute atomic E-state index is 12.4. The van der Waals surface area contributed by atoms with Crippen LogP contribution in [0.2, 0.25) is 0 Å². The Hall–Kier alpha value is -1.52. The van der Waals surface area contributed by atoms with E-state index in [2.05, 4.69) is 0 Å². The van der Waals surface area contributed by atoms with Gasteiger partial charge in [0.05, 0.1) is 5.56 Å². The van der Waals surface area contributed by atoms with Crippen molar-refractivity contribution < 1.29 is 18.0 Å². The number of hydrogen-bond acceptors (Lipinski definition) is 2. The molecule has 1 aliphatic carbocycles. The molecule has 1 aliphatic rings. The molecular formula is C11H10F3NO. The highest BCUT2D eigenvalue weighted by atomic mass is 19.4. The van der Waals surface area contributed by atoms with Gasteiger partial charge in [0, 0.05) is 17.2 Å². The zero-order chi connectivity index (χ0) is 11.9. The summed E-state index contributed by atoms with van der Waals surface area (Å²) in [6.45, 7) is 0. The number of Topliss-reactive ketones (excluding diaryl/α,β-unsaturated/α-hetero) is 1. The van der Waals surface area contributed by atoms with Crippen molar-refractivity contribution in [1.29, 1.82) is 0 Å². The molecule has 0 unspecified atom stereocenters. The molecule has 0 radical (unpaired) electrons. The second-order valence-electron chi connectivity index (χ2n) is 3.94. The van der Waals surface area contributed by atoms with Gasteiger partial charge < -0.3 is 5.73 Å². The first-order valence-electron chi connectivity index (χ1n) is 4.90. The lowest BCUT2D eigenvalue weighted by Gasteiger charge is -2.10. The summed E-state index contributed by atoms with van der Waals surface area (Å²) in [6.07, 6.45) is -2.95. The summed E-state index contributed by atoms with van der Waals surface area (Å²) in [5, 5.41) is 0. The Bertz CT molecular complexity index is 435. The highest BCUT2D eigenvalue weighted by Crippen LogP contribution is 2.36. The second kappa shape index (κ2) is 3.50. The SMILES string of the molecule is Nc1ccc(C(F)(F)F)cc1C(=O)C1CC1. The summed E-state index contributed by atoms with van der Waals surface area (Å²) >= 11 is 0. The van der Waals surface area contributed by atoms with Gasteiger partial charge in [0.15, 0.2) is 5.78 Å². The molecule has 1 aromatic rings. The number of anilines is 1. The lowest BCUT2D eigenvalue weighted by atomic mass is 10.0. The molecule has 0 bridgehead atoms. The van der Waals surface area contributed by atoms with E-state index in [0.717, 1.165) is 31.0 Å². The van der Waals surface area contributed by atoms with Gasteiger partial charge in [0.25, 0.3) is 0 Å². The van der Waals surface area contributed by atoms with Gasteiger partial charge in [-0.05, 0) is 31.0 Å². The van der Waals surface area contributed by atoms with Crippen molar-refractivity contribution in [3.63, 3.8) is 0 Å². The fourth-order valence-corrected chi connectivity index (χ4v) is 1.51. The molecule has 0 aromatic heterocycles. The summed E-state index contributed by atoms with van der Waals surface area (Å²) in [4.78, 5) is 11.7. The van der Waals surface area contributed by atoms with Crippen LogP contribution in [0.5, 0.6) is 0 Å². The topological polar surface area (TPSA) is 43.1 Å². The number of ketones is 1. The molecule has 5 heteroatoms. The monoisotopic (exact) mass is 229 g/mol. The molecule has 2 nitrogen and oxygen atoms in total. The van der Waals surface area contributed by atoms with E-state index in [1.807, 2.05) is 0 Å². The van der Waals surface area contributed by atoms with Crippen LogP contribution in [0.3, 0.4) is 0 Å². The van der Waals surface area contributed by atoms with Crippen molar-refractivity contribution in [2.75, 3.05) is 5.73 Å². The predicted octanol–water partition coefficient (Wildman–Crippen LogP) is 2.88. The van der Waals surface area contributed by atoms with Crippen molar-refractivity contribution in [3.05, 3.63) is 29.3 Å². The molecule has 2 N–H and O–H groups in total. The fourth-order valence-electron chi connectivity index (χ4n) is 1.51. The highest BCUT2D eigenvalue weighted by Gasteiger charge is 2.35. The van der Waals surface area contributed by atoms with E-state index in [0.29, 0.717) is 0 Å². The van der Waals surface area contributed by atoms with E-state index in [1.54, 1.807) is 0 Å². The number of hydrogen-bond donors (Lipinski definition) is 1. The van der Waals surface area contributed by atoms with Gasteiger partial charge in [-0.2, -0.15) is 13.2 Å². The quantitative estimate of drug-likeness (QED) is 0.625. The Labute approximate surface area is 90.2 Å². The van der Waals surface area contributed by atoms with E-state index < -0.39 is 11.7 Å². The molecule has 0 heterocycles. The van der Waals surface area contributed by atoms with Gasteiger partial charge in [-0.1, -0.05) is 0 Å². The van der Waals surface area contributed by atoms with Crippen LogP contribution in [0.15, 0.2) is 18.2 Å². The second-order valence-corrected chi connectivity index (χ2v) is 3.94. The Morgan fingerprint density at radius 2 is 1.94 bits per heavy atom. The Morgan fingerprint density at radius 3 is 2.44 bits per heavy atom. The minimum Gasteiger partial charge on any atom is -0.398 e. The molecule has 0 aliphatic heterocycles. The van der Waals surface area contributed by atoms with E-state index in [9.17, 15) is 18.0 Å². The number of nitrogens with two attached hydrogens (primary N) is 1. The number of carbonyl (C=O) groups excluding carboxylic acids is 1. The number of carbonyl (C=O) groups is 1. The first-order chi connectivity index (χ1) is 7.39. The first-order valence-corrected chi connectivity index (χ1v) is 4.90. The number of nitrogen functional groups attached to an aromatic ring is 1. The van der Waals surface area contributed by atoms with Crippen molar-refractivity contribution in [1.82, 2.24) is 0 Å². The maximum Gasteiger partial charge on any atom is 0.416 e. The summed E-state index contributed by atoms with van der Waals surface area (Å²) < 4.78 is 37.3. The molecule has 0 saturated heterocycles. The van der Waals surface area contributed by atoms with Gasteiger partial charge in [0.1, 0.15) is 0 Å². The van der Waals surface area contributed by atoms with Gasteiger partial charge in [-0.3, -0.25) is 4.79 Å². The van der Waals surface area contributed by atoms with Crippen LogP contribution in [-0.4, -0.2) is 5.78 Å². The number of halogens is 3. The van der Waals surface area contributed by atoms with E-state index in [4.69, 9.17) is 5.73 Å². The third kappa shape index (κ3) is 2.03. The molecule has 0 amide bonds. The van der Waals surface area contributed by atoms with Crippen molar-refractivity contribution >= 4 is 11.5 Å². The third-order valence-electron chi connectivity index (χ3n) is 2.59. The standard InChI is InChI=1S/C11H10F3NO/c12-11(13,14)7-3-4-9(15)8(5-7)10(16)6-1-2-6/h3-6H,1-2,15H2. The predicted molar refractivity (Wildman–Crippen MR) is 52.9 cm³/mol. The Morgan fingerprint density at radius 1 is 1.31 bits per heavy atom. The van der Waals surface area contributed by atoms with Crippen molar-refractivity contribution in [2.45, 2.75) is 19.0 Å². The highest BCUT2D eigenvalue weighted by molar-refractivity contribution is 6.03. The molecule has 0 spiro atoms. The third-order valence-corrected chi connectivity index (χ3v) is 2.59. The van der Waals surface area contributed by atoms with Crippen LogP contribution < -0.4 is 5.73 Å². The average molecular weight is 229 g/mol. The van der Waals surface area contributed by atoms with Crippen LogP contribution in [-0.2, 0) is 6.18 Å². The molecule has 1 aromatic carbocycles. The lowest BCUT2D eigenvalue weighted by Crippen LogP contribution is -2.10. The Kier molecular flexibility index (Phi) is 2.40. The van der Waals surface area contributed by atoms with Gasteiger partial charge >= 0.3 is 6.18 Å².